The number of thioether (sulfide) groups is 1. The molecule has 0 bridgehead atoms. The maximum Gasteiger partial charge on any atom is 0.232 e. The Morgan fingerprint density at radius 3 is 2.33 bits per heavy atom. The van der Waals surface area contributed by atoms with Gasteiger partial charge >= 0.3 is 0 Å². The van der Waals surface area contributed by atoms with E-state index < -0.39 is 0 Å². The molecule has 5 heteroatoms. The SMILES string of the molecule is O=C(CSc1ccc(Cl)cc1)N1CCC(c2ccc(O)cc2)CC1. The second-order valence-electron chi connectivity index (χ2n) is 5.99. The Labute approximate surface area is 151 Å². The molecule has 1 saturated heterocycles. The number of rotatable bonds is 4. The summed E-state index contributed by atoms with van der Waals surface area (Å²) in [4.78, 5) is 15.4. The van der Waals surface area contributed by atoms with Crippen molar-refractivity contribution in [2.45, 2.75) is 23.7 Å². The van der Waals surface area contributed by atoms with Crippen molar-refractivity contribution in [3.8, 4) is 5.75 Å². The molecule has 1 aliphatic rings. The predicted molar refractivity (Wildman–Crippen MR) is 98.8 cm³/mol. The highest BCUT2D eigenvalue weighted by Gasteiger charge is 2.23. The number of amides is 1. The maximum absolute atomic E-state index is 12.4. The Morgan fingerprint density at radius 1 is 1.08 bits per heavy atom. The number of halogens is 1. The number of aromatic hydroxyl groups is 1. The van der Waals surface area contributed by atoms with E-state index in [0.29, 0.717) is 22.4 Å². The molecule has 0 radical (unpaired) electrons. The van der Waals surface area contributed by atoms with Crippen LogP contribution in [0, 0.1) is 0 Å². The fraction of sp³-hybridized carbons (Fsp3) is 0.316. The van der Waals surface area contributed by atoms with Crippen LogP contribution in [0.2, 0.25) is 5.02 Å². The first kappa shape index (κ1) is 17.2. The van der Waals surface area contributed by atoms with Gasteiger partial charge in [-0.05, 0) is 60.7 Å². The Morgan fingerprint density at radius 2 is 1.71 bits per heavy atom. The van der Waals surface area contributed by atoms with Crippen molar-refractivity contribution in [3.05, 3.63) is 59.1 Å². The number of likely N-dealkylation sites (tertiary alicyclic amines) is 1. The van der Waals surface area contributed by atoms with Gasteiger partial charge in [0.15, 0.2) is 0 Å². The van der Waals surface area contributed by atoms with Gasteiger partial charge in [-0.1, -0.05) is 23.7 Å². The average Bonchev–Trinajstić information content (AvgIpc) is 2.62. The lowest BCUT2D eigenvalue weighted by molar-refractivity contribution is -0.129. The van der Waals surface area contributed by atoms with Gasteiger partial charge in [-0.15, -0.1) is 11.8 Å². The molecule has 3 nitrogen and oxygen atoms in total. The summed E-state index contributed by atoms with van der Waals surface area (Å²) in [6, 6.07) is 15.0. The molecule has 1 heterocycles. The summed E-state index contributed by atoms with van der Waals surface area (Å²) in [5.41, 5.74) is 1.25. The van der Waals surface area contributed by atoms with Crippen molar-refractivity contribution in [1.82, 2.24) is 4.90 Å². The van der Waals surface area contributed by atoms with E-state index in [0.717, 1.165) is 30.8 Å². The lowest BCUT2D eigenvalue weighted by Gasteiger charge is -2.32. The lowest BCUT2D eigenvalue weighted by Crippen LogP contribution is -2.38. The zero-order valence-corrected chi connectivity index (χ0v) is 14.9. The van der Waals surface area contributed by atoms with Gasteiger partial charge < -0.3 is 10.0 Å². The molecule has 3 rings (SSSR count). The van der Waals surface area contributed by atoms with Crippen molar-refractivity contribution in [2.75, 3.05) is 18.8 Å². The number of piperidine rings is 1. The van der Waals surface area contributed by atoms with E-state index in [4.69, 9.17) is 11.6 Å². The second kappa shape index (κ2) is 7.95. The Kier molecular flexibility index (Phi) is 5.69. The van der Waals surface area contributed by atoms with Crippen LogP contribution in [0.4, 0.5) is 0 Å². The minimum absolute atomic E-state index is 0.194. The molecule has 2 aromatic rings. The summed E-state index contributed by atoms with van der Waals surface area (Å²) >= 11 is 7.42. The number of carbonyl (C=O) groups excluding carboxylic acids is 1. The molecule has 0 aliphatic carbocycles. The van der Waals surface area contributed by atoms with Crippen molar-refractivity contribution >= 4 is 29.3 Å². The highest BCUT2D eigenvalue weighted by atomic mass is 35.5. The molecule has 0 saturated carbocycles. The highest BCUT2D eigenvalue weighted by Crippen LogP contribution is 2.29. The Bertz CT molecular complexity index is 680. The van der Waals surface area contributed by atoms with E-state index in [1.54, 1.807) is 23.9 Å². The number of phenols is 1. The molecule has 126 valence electrons. The van der Waals surface area contributed by atoms with E-state index in [1.165, 1.54) is 5.56 Å². The van der Waals surface area contributed by atoms with Crippen LogP contribution in [0.25, 0.3) is 0 Å². The summed E-state index contributed by atoms with van der Waals surface area (Å²) < 4.78 is 0. The van der Waals surface area contributed by atoms with Crippen molar-refractivity contribution in [1.29, 1.82) is 0 Å². The number of nitrogens with zero attached hydrogens (tertiary/aromatic N) is 1. The molecule has 0 aromatic heterocycles. The third-order valence-corrected chi connectivity index (χ3v) is 5.64. The quantitative estimate of drug-likeness (QED) is 0.812. The molecule has 1 amide bonds. The second-order valence-corrected chi connectivity index (χ2v) is 7.47. The number of hydrogen-bond donors (Lipinski definition) is 1. The van der Waals surface area contributed by atoms with Gasteiger partial charge in [-0.3, -0.25) is 4.79 Å². The van der Waals surface area contributed by atoms with Crippen LogP contribution in [0.5, 0.6) is 5.75 Å². The van der Waals surface area contributed by atoms with Crippen molar-refractivity contribution in [2.24, 2.45) is 0 Å². The number of carbonyl (C=O) groups is 1. The Balaban J connectivity index is 1.48. The number of benzene rings is 2. The van der Waals surface area contributed by atoms with Crippen molar-refractivity contribution < 1.29 is 9.90 Å². The molecule has 24 heavy (non-hydrogen) atoms. The standard InChI is InChI=1S/C19H20ClNO2S/c20-16-3-7-18(8-4-16)24-13-19(23)21-11-9-15(10-12-21)14-1-5-17(22)6-2-14/h1-8,15,22H,9-13H2. The van der Waals surface area contributed by atoms with Gasteiger partial charge in [-0.2, -0.15) is 0 Å². The summed E-state index contributed by atoms with van der Waals surface area (Å²) in [6.07, 6.45) is 1.95. The van der Waals surface area contributed by atoms with E-state index in [2.05, 4.69) is 0 Å². The molecule has 1 fully saturated rings. The molecule has 0 atom stereocenters. The van der Waals surface area contributed by atoms with Crippen LogP contribution in [-0.2, 0) is 4.79 Å². The molecular formula is C19H20ClNO2S. The van der Waals surface area contributed by atoms with Gasteiger partial charge in [0, 0.05) is 23.0 Å². The van der Waals surface area contributed by atoms with Crippen LogP contribution >= 0.6 is 23.4 Å². The summed E-state index contributed by atoms with van der Waals surface area (Å²) in [5, 5.41) is 10.1. The minimum Gasteiger partial charge on any atom is -0.508 e. The molecule has 2 aromatic carbocycles. The fourth-order valence-corrected chi connectivity index (χ4v) is 3.90. The zero-order chi connectivity index (χ0) is 16.9. The summed E-state index contributed by atoms with van der Waals surface area (Å²) in [6.45, 7) is 1.59. The van der Waals surface area contributed by atoms with Gasteiger partial charge in [0.05, 0.1) is 5.75 Å². The first-order valence-corrected chi connectivity index (χ1v) is 9.43. The summed E-state index contributed by atoms with van der Waals surface area (Å²) in [5.74, 6) is 1.43. The van der Waals surface area contributed by atoms with Gasteiger partial charge in [0.2, 0.25) is 5.91 Å². The summed E-state index contributed by atoms with van der Waals surface area (Å²) in [7, 11) is 0. The maximum atomic E-state index is 12.4. The smallest absolute Gasteiger partial charge is 0.232 e. The van der Waals surface area contributed by atoms with E-state index in [1.807, 2.05) is 41.3 Å². The first-order chi connectivity index (χ1) is 11.6. The average molecular weight is 362 g/mol. The molecule has 1 aliphatic heterocycles. The third kappa shape index (κ3) is 4.46. The zero-order valence-electron chi connectivity index (χ0n) is 13.3. The van der Waals surface area contributed by atoms with E-state index in [9.17, 15) is 9.90 Å². The first-order valence-electron chi connectivity index (χ1n) is 8.07. The van der Waals surface area contributed by atoms with Crippen LogP contribution in [0.3, 0.4) is 0 Å². The van der Waals surface area contributed by atoms with E-state index >= 15 is 0 Å². The predicted octanol–water partition coefficient (Wildman–Crippen LogP) is 4.54. The van der Waals surface area contributed by atoms with Crippen molar-refractivity contribution in [3.63, 3.8) is 0 Å². The minimum atomic E-state index is 0.194. The van der Waals surface area contributed by atoms with Crippen LogP contribution < -0.4 is 0 Å². The molecule has 0 unspecified atom stereocenters. The van der Waals surface area contributed by atoms with Crippen LogP contribution in [0.15, 0.2) is 53.4 Å². The van der Waals surface area contributed by atoms with Crippen LogP contribution in [0.1, 0.15) is 24.3 Å². The third-order valence-electron chi connectivity index (χ3n) is 4.39. The lowest BCUT2D eigenvalue weighted by atomic mass is 9.89. The number of phenolic OH excluding ortho intramolecular Hbond substituents is 1. The topological polar surface area (TPSA) is 40.5 Å². The van der Waals surface area contributed by atoms with Gasteiger partial charge in [-0.25, -0.2) is 0 Å². The van der Waals surface area contributed by atoms with Gasteiger partial charge in [0.25, 0.3) is 0 Å². The number of hydrogen-bond acceptors (Lipinski definition) is 3. The fourth-order valence-electron chi connectivity index (χ4n) is 2.98. The van der Waals surface area contributed by atoms with Gasteiger partial charge in [0.1, 0.15) is 5.75 Å². The van der Waals surface area contributed by atoms with Crippen LogP contribution in [-0.4, -0.2) is 34.8 Å². The Hall–Kier alpha value is -1.65. The largest absolute Gasteiger partial charge is 0.508 e. The van der Waals surface area contributed by atoms with E-state index in [-0.39, 0.29) is 5.91 Å². The highest BCUT2D eigenvalue weighted by molar-refractivity contribution is 8.00. The monoisotopic (exact) mass is 361 g/mol. The normalized spacial score (nSPS) is 15.5. The molecule has 1 N–H and O–H groups in total. The molecular weight excluding hydrogens is 342 g/mol. The molecule has 0 spiro atoms.